The third kappa shape index (κ3) is 6.65. The molecule has 0 aromatic rings. The monoisotopic (exact) mass is 226 g/mol. The molecule has 0 rings (SSSR count). The molecule has 0 aliphatic carbocycles. The highest BCUT2D eigenvalue weighted by Crippen LogP contribution is 2.14. The lowest BCUT2D eigenvalue weighted by Gasteiger charge is -2.08. The first-order valence-electron chi connectivity index (χ1n) is 6.46. The minimum atomic E-state index is -0.137. The van der Waals surface area contributed by atoms with Crippen molar-refractivity contribution in [2.45, 2.75) is 66.2 Å². The van der Waals surface area contributed by atoms with Crippen LogP contribution in [0, 0.1) is 0 Å². The molecule has 0 amide bonds. The van der Waals surface area contributed by atoms with Crippen molar-refractivity contribution >= 4 is 5.97 Å². The molecule has 0 fully saturated rings. The summed E-state index contributed by atoms with van der Waals surface area (Å²) in [6.45, 7) is 8.73. The van der Waals surface area contributed by atoms with E-state index in [4.69, 9.17) is 4.74 Å². The lowest BCUT2D eigenvalue weighted by atomic mass is 10.0. The number of ether oxygens (including phenoxy) is 1. The summed E-state index contributed by atoms with van der Waals surface area (Å²) in [5.74, 6) is -0.137. The van der Waals surface area contributed by atoms with Gasteiger partial charge < -0.3 is 4.74 Å². The fraction of sp³-hybridized carbons (Fsp3) is 0.786. The molecular formula is C14H26O2. The molecule has 0 aromatic carbocycles. The fourth-order valence-electron chi connectivity index (χ4n) is 1.42. The Hall–Kier alpha value is -0.790. The Morgan fingerprint density at radius 1 is 1.00 bits per heavy atom. The molecular weight excluding hydrogens is 200 g/mol. The van der Waals surface area contributed by atoms with Crippen LogP contribution in [0.5, 0.6) is 0 Å². The van der Waals surface area contributed by atoms with Gasteiger partial charge in [0, 0.05) is 5.57 Å². The summed E-state index contributed by atoms with van der Waals surface area (Å²) in [7, 11) is 0. The van der Waals surface area contributed by atoms with Crippen LogP contribution in [0.3, 0.4) is 0 Å². The third-order valence-corrected chi connectivity index (χ3v) is 2.83. The van der Waals surface area contributed by atoms with Crippen LogP contribution in [-0.4, -0.2) is 12.6 Å². The van der Waals surface area contributed by atoms with Crippen molar-refractivity contribution in [3.05, 3.63) is 11.1 Å². The van der Waals surface area contributed by atoms with E-state index in [0.29, 0.717) is 6.61 Å². The van der Waals surface area contributed by atoms with Crippen molar-refractivity contribution in [1.29, 1.82) is 0 Å². The zero-order chi connectivity index (χ0) is 12.4. The molecule has 0 N–H and O–H groups in total. The number of allylic oxidation sites excluding steroid dienone is 1. The maximum absolute atomic E-state index is 11.6. The van der Waals surface area contributed by atoms with E-state index >= 15 is 0 Å². The van der Waals surface area contributed by atoms with Crippen LogP contribution >= 0.6 is 0 Å². The number of carbonyl (C=O) groups is 1. The molecule has 0 heterocycles. The van der Waals surface area contributed by atoms with Gasteiger partial charge in [0.15, 0.2) is 0 Å². The number of esters is 1. The van der Waals surface area contributed by atoms with Crippen molar-refractivity contribution in [2.75, 3.05) is 6.61 Å². The van der Waals surface area contributed by atoms with Gasteiger partial charge in [0.1, 0.15) is 0 Å². The summed E-state index contributed by atoms with van der Waals surface area (Å²) in [5, 5.41) is 0. The average molecular weight is 226 g/mol. The summed E-state index contributed by atoms with van der Waals surface area (Å²) in [5.41, 5.74) is 1.97. The van der Waals surface area contributed by atoms with Crippen LogP contribution in [0.25, 0.3) is 0 Å². The zero-order valence-corrected chi connectivity index (χ0v) is 11.3. The molecule has 16 heavy (non-hydrogen) atoms. The maximum Gasteiger partial charge on any atom is 0.333 e. The largest absolute Gasteiger partial charge is 0.462 e. The van der Waals surface area contributed by atoms with Crippen molar-refractivity contribution in [1.82, 2.24) is 0 Å². The SMILES string of the molecule is CCCCCC(C)=C(C)C(=O)OCCCC. The third-order valence-electron chi connectivity index (χ3n) is 2.83. The van der Waals surface area contributed by atoms with E-state index in [0.717, 1.165) is 24.8 Å². The summed E-state index contributed by atoms with van der Waals surface area (Å²) < 4.78 is 5.17. The average Bonchev–Trinajstić information content (AvgIpc) is 2.28. The Bertz CT molecular complexity index is 229. The molecule has 0 aliphatic heterocycles. The zero-order valence-electron chi connectivity index (χ0n) is 11.3. The summed E-state index contributed by atoms with van der Waals surface area (Å²) >= 11 is 0. The quantitative estimate of drug-likeness (QED) is 0.351. The number of carbonyl (C=O) groups excluding carboxylic acids is 1. The van der Waals surface area contributed by atoms with Gasteiger partial charge in [-0.15, -0.1) is 0 Å². The second-order valence-electron chi connectivity index (χ2n) is 4.35. The normalized spacial score (nSPS) is 12.2. The highest BCUT2D eigenvalue weighted by Gasteiger charge is 2.08. The van der Waals surface area contributed by atoms with Crippen molar-refractivity contribution in [3.63, 3.8) is 0 Å². The second kappa shape index (κ2) is 9.44. The lowest BCUT2D eigenvalue weighted by molar-refractivity contribution is -0.139. The predicted octanol–water partition coefficient (Wildman–Crippen LogP) is 4.25. The number of hydrogen-bond acceptors (Lipinski definition) is 2. The van der Waals surface area contributed by atoms with Gasteiger partial charge in [-0.05, 0) is 33.1 Å². The highest BCUT2D eigenvalue weighted by atomic mass is 16.5. The minimum absolute atomic E-state index is 0.137. The van der Waals surface area contributed by atoms with Crippen LogP contribution < -0.4 is 0 Å². The van der Waals surface area contributed by atoms with Crippen molar-refractivity contribution in [2.24, 2.45) is 0 Å². The van der Waals surface area contributed by atoms with E-state index in [-0.39, 0.29) is 5.97 Å². The summed E-state index contributed by atoms with van der Waals surface area (Å²) in [4.78, 5) is 11.6. The van der Waals surface area contributed by atoms with E-state index in [1.54, 1.807) is 0 Å². The molecule has 0 saturated heterocycles. The Kier molecular flexibility index (Phi) is 8.97. The fourth-order valence-corrected chi connectivity index (χ4v) is 1.42. The Balaban J connectivity index is 4.00. The molecule has 94 valence electrons. The predicted molar refractivity (Wildman–Crippen MR) is 68.4 cm³/mol. The van der Waals surface area contributed by atoms with Crippen molar-refractivity contribution in [3.8, 4) is 0 Å². The van der Waals surface area contributed by atoms with E-state index in [9.17, 15) is 4.79 Å². The number of unbranched alkanes of at least 4 members (excludes halogenated alkanes) is 3. The van der Waals surface area contributed by atoms with Crippen LogP contribution in [0.4, 0.5) is 0 Å². The maximum atomic E-state index is 11.6. The van der Waals surface area contributed by atoms with Crippen molar-refractivity contribution < 1.29 is 9.53 Å². The van der Waals surface area contributed by atoms with E-state index in [1.165, 1.54) is 24.8 Å². The first-order valence-corrected chi connectivity index (χ1v) is 6.46. The standard InChI is InChI=1S/C14H26O2/c1-5-7-9-10-12(3)13(4)14(15)16-11-8-6-2/h5-11H2,1-4H3. The molecule has 0 radical (unpaired) electrons. The second-order valence-corrected chi connectivity index (χ2v) is 4.35. The van der Waals surface area contributed by atoms with Gasteiger partial charge in [-0.3, -0.25) is 0 Å². The van der Waals surface area contributed by atoms with Gasteiger partial charge in [0.05, 0.1) is 6.61 Å². The molecule has 0 saturated carbocycles. The van der Waals surface area contributed by atoms with Gasteiger partial charge in [-0.2, -0.15) is 0 Å². The van der Waals surface area contributed by atoms with Gasteiger partial charge in [0.25, 0.3) is 0 Å². The van der Waals surface area contributed by atoms with Crippen LogP contribution in [0.2, 0.25) is 0 Å². The van der Waals surface area contributed by atoms with E-state index < -0.39 is 0 Å². The first-order chi connectivity index (χ1) is 7.63. The van der Waals surface area contributed by atoms with Crippen LogP contribution in [0.1, 0.15) is 66.2 Å². The lowest BCUT2D eigenvalue weighted by Crippen LogP contribution is -2.08. The Labute approximate surface area is 100 Å². The van der Waals surface area contributed by atoms with Crippen LogP contribution in [0.15, 0.2) is 11.1 Å². The van der Waals surface area contributed by atoms with E-state index in [2.05, 4.69) is 13.8 Å². The Morgan fingerprint density at radius 2 is 1.62 bits per heavy atom. The Morgan fingerprint density at radius 3 is 2.19 bits per heavy atom. The van der Waals surface area contributed by atoms with E-state index in [1.807, 2.05) is 13.8 Å². The van der Waals surface area contributed by atoms with Gasteiger partial charge in [-0.25, -0.2) is 4.79 Å². The van der Waals surface area contributed by atoms with Gasteiger partial charge in [0.2, 0.25) is 0 Å². The molecule has 0 atom stereocenters. The van der Waals surface area contributed by atoms with Gasteiger partial charge >= 0.3 is 5.97 Å². The molecule has 2 nitrogen and oxygen atoms in total. The number of rotatable bonds is 8. The molecule has 0 unspecified atom stereocenters. The summed E-state index contributed by atoms with van der Waals surface area (Å²) in [6, 6.07) is 0. The topological polar surface area (TPSA) is 26.3 Å². The molecule has 0 aliphatic rings. The number of hydrogen-bond donors (Lipinski definition) is 0. The molecule has 2 heteroatoms. The first kappa shape index (κ1) is 15.2. The summed E-state index contributed by atoms with van der Waals surface area (Å²) in [6.07, 6.45) is 6.65. The van der Waals surface area contributed by atoms with Gasteiger partial charge in [-0.1, -0.05) is 38.7 Å². The van der Waals surface area contributed by atoms with Crippen LogP contribution in [-0.2, 0) is 9.53 Å². The molecule has 0 spiro atoms. The highest BCUT2D eigenvalue weighted by molar-refractivity contribution is 5.88. The molecule has 0 bridgehead atoms. The molecule has 0 aromatic heterocycles. The smallest absolute Gasteiger partial charge is 0.333 e. The minimum Gasteiger partial charge on any atom is -0.462 e.